The lowest BCUT2D eigenvalue weighted by atomic mass is 9.82. The number of rotatable bonds is 5. The van der Waals surface area contributed by atoms with E-state index < -0.39 is 0 Å². The molecule has 110 valence electrons. The molecule has 2 heterocycles. The fourth-order valence-electron chi connectivity index (χ4n) is 3.90. The summed E-state index contributed by atoms with van der Waals surface area (Å²) < 4.78 is 6.14. The molecule has 0 bridgehead atoms. The van der Waals surface area contributed by atoms with Gasteiger partial charge in [0, 0.05) is 30.5 Å². The zero-order valence-electron chi connectivity index (χ0n) is 12.7. The van der Waals surface area contributed by atoms with E-state index in [4.69, 9.17) is 4.74 Å². The van der Waals surface area contributed by atoms with Crippen LogP contribution in [0.5, 0.6) is 0 Å². The molecule has 0 aromatic carbocycles. The first kappa shape index (κ1) is 14.0. The number of aryl methyl sites for hydroxylation is 1. The average molecular weight is 274 g/mol. The lowest BCUT2D eigenvalue weighted by Crippen LogP contribution is -2.52. The molecular weight excluding hydrogens is 248 g/mol. The van der Waals surface area contributed by atoms with Crippen molar-refractivity contribution < 1.29 is 4.74 Å². The number of pyridine rings is 1. The van der Waals surface area contributed by atoms with Gasteiger partial charge < -0.3 is 10.1 Å². The second kappa shape index (κ2) is 5.82. The molecule has 1 N–H and O–H groups in total. The Morgan fingerprint density at radius 3 is 3.20 bits per heavy atom. The first-order valence-corrected chi connectivity index (χ1v) is 8.06. The summed E-state index contributed by atoms with van der Waals surface area (Å²) in [7, 11) is 0. The van der Waals surface area contributed by atoms with Gasteiger partial charge in [0.1, 0.15) is 0 Å². The van der Waals surface area contributed by atoms with Gasteiger partial charge in [-0.15, -0.1) is 0 Å². The summed E-state index contributed by atoms with van der Waals surface area (Å²) >= 11 is 0. The molecule has 3 nitrogen and oxygen atoms in total. The lowest BCUT2D eigenvalue weighted by Gasteiger charge is -2.38. The van der Waals surface area contributed by atoms with Crippen LogP contribution < -0.4 is 5.32 Å². The van der Waals surface area contributed by atoms with E-state index >= 15 is 0 Å². The van der Waals surface area contributed by atoms with Gasteiger partial charge in [-0.1, -0.05) is 13.0 Å². The van der Waals surface area contributed by atoms with Crippen molar-refractivity contribution in [2.24, 2.45) is 0 Å². The van der Waals surface area contributed by atoms with E-state index in [2.05, 4.69) is 36.3 Å². The highest BCUT2D eigenvalue weighted by atomic mass is 16.5. The van der Waals surface area contributed by atoms with Crippen LogP contribution in [0.4, 0.5) is 0 Å². The van der Waals surface area contributed by atoms with Crippen LogP contribution in [-0.4, -0.2) is 29.8 Å². The SMILES string of the molecule is CCCNC(C1CCc2cccnc21)C1(C)CCCO1. The van der Waals surface area contributed by atoms with Crippen LogP contribution in [0.25, 0.3) is 0 Å². The normalized spacial score (nSPS) is 30.4. The molecule has 1 aromatic heterocycles. The minimum Gasteiger partial charge on any atom is -0.374 e. The Hall–Kier alpha value is -0.930. The fourth-order valence-corrected chi connectivity index (χ4v) is 3.90. The van der Waals surface area contributed by atoms with Crippen LogP contribution in [0.3, 0.4) is 0 Å². The van der Waals surface area contributed by atoms with Crippen molar-refractivity contribution in [1.82, 2.24) is 10.3 Å². The first-order valence-electron chi connectivity index (χ1n) is 8.06. The van der Waals surface area contributed by atoms with Gasteiger partial charge in [-0.2, -0.15) is 0 Å². The molecule has 3 atom stereocenters. The second-order valence-corrected chi connectivity index (χ2v) is 6.39. The molecule has 3 rings (SSSR count). The predicted molar refractivity (Wildman–Crippen MR) is 81.0 cm³/mol. The summed E-state index contributed by atoms with van der Waals surface area (Å²) in [5.74, 6) is 0.501. The van der Waals surface area contributed by atoms with Crippen LogP contribution in [0.1, 0.15) is 56.7 Å². The van der Waals surface area contributed by atoms with Crippen molar-refractivity contribution in [3.05, 3.63) is 29.6 Å². The first-order chi connectivity index (χ1) is 9.74. The van der Waals surface area contributed by atoms with Crippen molar-refractivity contribution >= 4 is 0 Å². The van der Waals surface area contributed by atoms with Gasteiger partial charge in [0.05, 0.1) is 5.60 Å². The molecule has 1 fully saturated rings. The Morgan fingerprint density at radius 1 is 1.55 bits per heavy atom. The smallest absolute Gasteiger partial charge is 0.0814 e. The number of hydrogen-bond donors (Lipinski definition) is 1. The lowest BCUT2D eigenvalue weighted by molar-refractivity contribution is -0.0195. The number of fused-ring (bicyclic) bond motifs is 1. The largest absolute Gasteiger partial charge is 0.374 e. The minimum absolute atomic E-state index is 0.0288. The van der Waals surface area contributed by atoms with Gasteiger partial charge in [0.15, 0.2) is 0 Å². The maximum absolute atomic E-state index is 6.14. The molecule has 3 heteroatoms. The Morgan fingerprint density at radius 2 is 2.45 bits per heavy atom. The number of nitrogens with zero attached hydrogens (tertiary/aromatic N) is 1. The molecule has 0 radical (unpaired) electrons. The van der Waals surface area contributed by atoms with Crippen molar-refractivity contribution in [3.8, 4) is 0 Å². The minimum atomic E-state index is -0.0288. The van der Waals surface area contributed by atoms with E-state index in [0.29, 0.717) is 12.0 Å². The van der Waals surface area contributed by atoms with E-state index in [-0.39, 0.29) is 5.60 Å². The van der Waals surface area contributed by atoms with Crippen molar-refractivity contribution in [2.45, 2.75) is 63.5 Å². The van der Waals surface area contributed by atoms with E-state index in [1.54, 1.807) is 0 Å². The van der Waals surface area contributed by atoms with Crippen molar-refractivity contribution in [2.75, 3.05) is 13.2 Å². The van der Waals surface area contributed by atoms with Gasteiger partial charge in [0.25, 0.3) is 0 Å². The topological polar surface area (TPSA) is 34.2 Å². The molecule has 0 saturated carbocycles. The quantitative estimate of drug-likeness (QED) is 0.896. The summed E-state index contributed by atoms with van der Waals surface area (Å²) in [4.78, 5) is 4.68. The average Bonchev–Trinajstić information content (AvgIpc) is 3.07. The van der Waals surface area contributed by atoms with E-state index in [9.17, 15) is 0 Å². The number of nitrogens with one attached hydrogen (secondary N) is 1. The number of hydrogen-bond acceptors (Lipinski definition) is 3. The number of aromatic nitrogens is 1. The summed E-state index contributed by atoms with van der Waals surface area (Å²) in [6, 6.07) is 4.68. The Bertz CT molecular complexity index is 454. The highest BCUT2D eigenvalue weighted by Crippen LogP contribution is 2.41. The zero-order valence-corrected chi connectivity index (χ0v) is 12.7. The van der Waals surface area contributed by atoms with Crippen LogP contribution in [0.15, 0.2) is 18.3 Å². The Kier molecular flexibility index (Phi) is 4.08. The Balaban J connectivity index is 1.86. The standard InChI is InChI=1S/C17H26N2O/c1-3-10-19-16(17(2)9-5-12-20-17)14-8-7-13-6-4-11-18-15(13)14/h4,6,11,14,16,19H,3,5,7-10,12H2,1-2H3. The number of ether oxygens (including phenoxy) is 1. The molecule has 1 aliphatic carbocycles. The van der Waals surface area contributed by atoms with Crippen LogP contribution in [-0.2, 0) is 11.2 Å². The highest BCUT2D eigenvalue weighted by molar-refractivity contribution is 5.31. The molecule has 2 aliphatic rings. The molecule has 1 aliphatic heterocycles. The van der Waals surface area contributed by atoms with E-state index in [1.807, 2.05) is 6.20 Å². The third-order valence-corrected chi connectivity index (χ3v) is 4.93. The third kappa shape index (κ3) is 2.49. The molecule has 3 unspecified atom stereocenters. The van der Waals surface area contributed by atoms with Gasteiger partial charge in [-0.3, -0.25) is 4.98 Å². The van der Waals surface area contributed by atoms with Gasteiger partial charge in [-0.25, -0.2) is 0 Å². The van der Waals surface area contributed by atoms with Gasteiger partial charge in [0.2, 0.25) is 0 Å². The van der Waals surface area contributed by atoms with E-state index in [0.717, 1.165) is 32.4 Å². The Labute approximate surface area is 122 Å². The summed E-state index contributed by atoms with van der Waals surface area (Å²) in [6.07, 6.45) is 7.80. The van der Waals surface area contributed by atoms with Crippen LogP contribution in [0, 0.1) is 0 Å². The molecule has 1 saturated heterocycles. The van der Waals surface area contributed by atoms with Gasteiger partial charge >= 0.3 is 0 Å². The third-order valence-electron chi connectivity index (χ3n) is 4.93. The molecule has 0 spiro atoms. The molecule has 20 heavy (non-hydrogen) atoms. The summed E-state index contributed by atoms with van der Waals surface area (Å²) in [5, 5.41) is 3.77. The summed E-state index contributed by atoms with van der Waals surface area (Å²) in [5.41, 5.74) is 2.71. The predicted octanol–water partition coefficient (Wildman–Crippen LogP) is 3.05. The fraction of sp³-hybridized carbons (Fsp3) is 0.706. The maximum atomic E-state index is 6.14. The molecular formula is C17H26N2O. The molecule has 0 amide bonds. The highest BCUT2D eigenvalue weighted by Gasteiger charge is 2.44. The van der Waals surface area contributed by atoms with Crippen molar-refractivity contribution in [3.63, 3.8) is 0 Å². The second-order valence-electron chi connectivity index (χ2n) is 6.39. The monoisotopic (exact) mass is 274 g/mol. The van der Waals surface area contributed by atoms with Crippen molar-refractivity contribution in [1.29, 1.82) is 0 Å². The van der Waals surface area contributed by atoms with Crippen LogP contribution in [0.2, 0.25) is 0 Å². The zero-order chi connectivity index (χ0) is 14.0. The van der Waals surface area contributed by atoms with Gasteiger partial charge in [-0.05, 0) is 57.2 Å². The summed E-state index contributed by atoms with van der Waals surface area (Å²) in [6.45, 7) is 6.47. The molecule has 1 aromatic rings. The maximum Gasteiger partial charge on any atom is 0.0814 e. The van der Waals surface area contributed by atoms with E-state index in [1.165, 1.54) is 24.1 Å². The van der Waals surface area contributed by atoms with Crippen LogP contribution >= 0.6 is 0 Å².